The summed E-state index contributed by atoms with van der Waals surface area (Å²) in [4.78, 5) is 23.7. The van der Waals surface area contributed by atoms with Crippen LogP contribution in [0.15, 0.2) is 12.2 Å². The molecular formula is C23H35NO2. The maximum absolute atomic E-state index is 11.9. The summed E-state index contributed by atoms with van der Waals surface area (Å²) in [6.07, 6.45) is 13.7. The summed E-state index contributed by atoms with van der Waals surface area (Å²) in [7, 11) is 1.96. The fourth-order valence-electron chi connectivity index (χ4n) is 7.90. The van der Waals surface area contributed by atoms with Crippen LogP contribution in [0.2, 0.25) is 0 Å². The van der Waals surface area contributed by atoms with E-state index < -0.39 is 0 Å². The van der Waals surface area contributed by atoms with Crippen molar-refractivity contribution in [3.8, 4) is 0 Å². The van der Waals surface area contributed by atoms with Gasteiger partial charge in [-0.15, -0.1) is 0 Å². The van der Waals surface area contributed by atoms with Gasteiger partial charge < -0.3 is 10.1 Å². The molecule has 0 aromatic heterocycles. The molecule has 0 heterocycles. The van der Waals surface area contributed by atoms with Crippen LogP contribution >= 0.6 is 0 Å². The summed E-state index contributed by atoms with van der Waals surface area (Å²) in [6, 6.07) is 0. The number of allylic oxidation sites excluding steroid dienone is 2. The zero-order valence-corrected chi connectivity index (χ0v) is 16.7. The number of carbonyl (C=O) groups is 2. The van der Waals surface area contributed by atoms with E-state index in [1.54, 1.807) is 0 Å². The van der Waals surface area contributed by atoms with Crippen LogP contribution < -0.4 is 5.32 Å². The molecule has 0 bridgehead atoms. The average Bonchev–Trinajstić information content (AvgIpc) is 2.97. The second-order valence-electron chi connectivity index (χ2n) is 10.1. The van der Waals surface area contributed by atoms with E-state index in [2.05, 4.69) is 25.2 Å². The Hall–Kier alpha value is -0.960. The number of hydrogen-bond acceptors (Lipinski definition) is 3. The molecular weight excluding hydrogens is 322 g/mol. The third kappa shape index (κ3) is 2.57. The van der Waals surface area contributed by atoms with E-state index in [9.17, 15) is 9.59 Å². The lowest BCUT2D eigenvalue weighted by atomic mass is 9.45. The van der Waals surface area contributed by atoms with E-state index >= 15 is 0 Å². The van der Waals surface area contributed by atoms with Crippen LogP contribution in [0.3, 0.4) is 0 Å². The molecule has 0 radical (unpaired) electrons. The first kappa shape index (κ1) is 18.4. The maximum Gasteiger partial charge on any atom is 0.155 e. The summed E-state index contributed by atoms with van der Waals surface area (Å²) in [5.41, 5.74) is 0.534. The number of rotatable bonds is 4. The third-order valence-corrected chi connectivity index (χ3v) is 9.24. The summed E-state index contributed by atoms with van der Waals surface area (Å²) in [6.45, 7) is 5.74. The Labute approximate surface area is 158 Å². The molecule has 1 N–H and O–H groups in total. The molecule has 3 saturated carbocycles. The minimum atomic E-state index is 0.158. The van der Waals surface area contributed by atoms with Gasteiger partial charge in [0.1, 0.15) is 6.29 Å². The predicted molar refractivity (Wildman–Crippen MR) is 104 cm³/mol. The zero-order valence-electron chi connectivity index (χ0n) is 16.7. The molecule has 0 aromatic rings. The Kier molecular flexibility index (Phi) is 4.66. The Morgan fingerprint density at radius 2 is 2.00 bits per heavy atom. The molecule has 26 heavy (non-hydrogen) atoms. The molecule has 3 heteroatoms. The van der Waals surface area contributed by atoms with Crippen LogP contribution in [0.4, 0.5) is 0 Å². The van der Waals surface area contributed by atoms with Crippen molar-refractivity contribution >= 4 is 12.1 Å². The zero-order chi connectivity index (χ0) is 18.5. The van der Waals surface area contributed by atoms with E-state index in [0.29, 0.717) is 23.0 Å². The van der Waals surface area contributed by atoms with Crippen LogP contribution in [0.5, 0.6) is 0 Å². The Bertz CT molecular complexity index is 613. The predicted octanol–water partition coefficient (Wildman–Crippen LogP) is 4.02. The third-order valence-electron chi connectivity index (χ3n) is 9.24. The minimum Gasteiger partial charge on any atom is -0.319 e. The fraction of sp³-hybridized carbons (Fsp3) is 0.826. The van der Waals surface area contributed by atoms with Crippen molar-refractivity contribution in [2.45, 2.75) is 58.8 Å². The quantitative estimate of drug-likeness (QED) is 0.773. The van der Waals surface area contributed by atoms with Crippen LogP contribution in [0.1, 0.15) is 58.8 Å². The maximum atomic E-state index is 11.9. The number of aldehydes is 1. The highest BCUT2D eigenvalue weighted by Gasteiger charge is 2.60. The van der Waals surface area contributed by atoms with Crippen molar-refractivity contribution in [1.29, 1.82) is 0 Å². The second-order valence-corrected chi connectivity index (χ2v) is 10.1. The van der Waals surface area contributed by atoms with E-state index in [1.165, 1.54) is 44.8 Å². The van der Waals surface area contributed by atoms with Crippen LogP contribution in [0.25, 0.3) is 0 Å². The molecule has 0 aliphatic heterocycles. The Morgan fingerprint density at radius 1 is 1.19 bits per heavy atom. The molecule has 0 spiro atoms. The van der Waals surface area contributed by atoms with Gasteiger partial charge in [0.25, 0.3) is 0 Å². The lowest BCUT2D eigenvalue weighted by Gasteiger charge is -2.59. The normalized spacial score (nSPS) is 48.4. The number of hydrogen-bond donors (Lipinski definition) is 1. The molecule has 3 nitrogen and oxygen atoms in total. The second kappa shape index (κ2) is 6.58. The molecule has 0 aromatic carbocycles. The smallest absolute Gasteiger partial charge is 0.155 e. The Morgan fingerprint density at radius 3 is 2.73 bits per heavy atom. The minimum absolute atomic E-state index is 0.158. The molecule has 0 amide bonds. The Balaban J connectivity index is 1.61. The summed E-state index contributed by atoms with van der Waals surface area (Å²) < 4.78 is 0. The fourth-order valence-corrected chi connectivity index (χ4v) is 7.90. The highest BCUT2D eigenvalue weighted by Crippen LogP contribution is 2.67. The molecule has 8 atom stereocenters. The van der Waals surface area contributed by atoms with Crippen molar-refractivity contribution in [3.63, 3.8) is 0 Å². The highest BCUT2D eigenvalue weighted by atomic mass is 16.1. The lowest BCUT2D eigenvalue weighted by molar-refractivity contribution is -0.124. The standard InChI is InChI=1S/C23H35NO2/c1-22-10-8-17(26)12-16(22)4-5-18-20-7-6-19(15(14-25)13-24-3)23(20,2)11-9-21(18)22/h8,10,14-16,18-21,24H,4-7,9,11-13H2,1-3H3/t15?,16?,18-,19?,20-,21+,22-,23+/m0/s1. The molecule has 3 fully saturated rings. The van der Waals surface area contributed by atoms with Gasteiger partial charge >= 0.3 is 0 Å². The SMILES string of the molecule is CNCC(C=O)C1CC[C@H]2[C@@H]3CCC4CC(=O)C=C[C@]4(C)[C@@H]3CC[C@]12C. The van der Waals surface area contributed by atoms with Gasteiger partial charge in [-0.3, -0.25) is 4.79 Å². The van der Waals surface area contributed by atoms with Crippen LogP contribution in [-0.4, -0.2) is 25.7 Å². The topological polar surface area (TPSA) is 46.2 Å². The molecule has 3 unspecified atom stereocenters. The monoisotopic (exact) mass is 357 g/mol. The van der Waals surface area contributed by atoms with Gasteiger partial charge in [-0.1, -0.05) is 19.9 Å². The van der Waals surface area contributed by atoms with Crippen molar-refractivity contribution in [3.05, 3.63) is 12.2 Å². The number of nitrogens with one attached hydrogen (secondary N) is 1. The lowest BCUT2D eigenvalue weighted by Crippen LogP contribution is -2.53. The molecule has 4 aliphatic carbocycles. The first-order valence-electron chi connectivity index (χ1n) is 10.8. The molecule has 144 valence electrons. The first-order chi connectivity index (χ1) is 12.4. The van der Waals surface area contributed by atoms with Gasteiger partial charge in [0.2, 0.25) is 0 Å². The van der Waals surface area contributed by atoms with Crippen molar-refractivity contribution in [1.82, 2.24) is 5.32 Å². The van der Waals surface area contributed by atoms with Gasteiger partial charge in [0.05, 0.1) is 0 Å². The van der Waals surface area contributed by atoms with E-state index in [-0.39, 0.29) is 11.3 Å². The van der Waals surface area contributed by atoms with Crippen molar-refractivity contribution < 1.29 is 9.59 Å². The summed E-state index contributed by atoms with van der Waals surface area (Å²) in [5.74, 6) is 3.83. The van der Waals surface area contributed by atoms with Crippen molar-refractivity contribution in [2.75, 3.05) is 13.6 Å². The van der Waals surface area contributed by atoms with Crippen LogP contribution in [-0.2, 0) is 9.59 Å². The van der Waals surface area contributed by atoms with Gasteiger partial charge in [-0.05, 0) is 92.1 Å². The molecule has 4 rings (SSSR count). The van der Waals surface area contributed by atoms with E-state index in [4.69, 9.17) is 0 Å². The van der Waals surface area contributed by atoms with E-state index in [0.717, 1.165) is 30.7 Å². The first-order valence-corrected chi connectivity index (χ1v) is 10.8. The summed E-state index contributed by atoms with van der Waals surface area (Å²) in [5, 5.41) is 3.24. The molecule has 4 aliphatic rings. The van der Waals surface area contributed by atoms with Gasteiger partial charge in [0.15, 0.2) is 5.78 Å². The largest absolute Gasteiger partial charge is 0.319 e. The van der Waals surface area contributed by atoms with E-state index in [1.807, 2.05) is 13.1 Å². The van der Waals surface area contributed by atoms with Gasteiger partial charge in [-0.25, -0.2) is 0 Å². The van der Waals surface area contributed by atoms with Crippen LogP contribution in [0, 0.1) is 46.3 Å². The van der Waals surface area contributed by atoms with Crippen molar-refractivity contribution in [2.24, 2.45) is 46.3 Å². The number of carbonyl (C=O) groups excluding carboxylic acids is 2. The number of ketones is 1. The average molecular weight is 358 g/mol. The number of fused-ring (bicyclic) bond motifs is 5. The van der Waals surface area contributed by atoms with Gasteiger partial charge in [0, 0.05) is 18.9 Å². The summed E-state index contributed by atoms with van der Waals surface area (Å²) >= 11 is 0. The highest BCUT2D eigenvalue weighted by molar-refractivity contribution is 5.91. The van der Waals surface area contributed by atoms with Gasteiger partial charge in [-0.2, -0.15) is 0 Å². The molecule has 0 saturated heterocycles.